The average Bonchev–Trinajstić information content (AvgIpc) is 2.73. The van der Waals surface area contributed by atoms with Gasteiger partial charge >= 0.3 is 0 Å². The van der Waals surface area contributed by atoms with Crippen LogP contribution in [-0.4, -0.2) is 35.9 Å². The maximum absolute atomic E-state index is 12.7. The zero-order valence-corrected chi connectivity index (χ0v) is 16.7. The molecule has 2 heterocycles. The number of methoxy groups -OCH3 is 2. The van der Waals surface area contributed by atoms with Gasteiger partial charge in [0.25, 0.3) is 5.91 Å². The maximum Gasteiger partial charge on any atom is 0.276 e. The number of nitrogens with zero attached hydrogens (tertiary/aromatic N) is 3. The van der Waals surface area contributed by atoms with E-state index in [4.69, 9.17) is 9.47 Å². The molecule has 0 saturated heterocycles. The van der Waals surface area contributed by atoms with Crippen LogP contribution < -0.4 is 20.3 Å². The third-order valence-corrected chi connectivity index (χ3v) is 4.43. The highest BCUT2D eigenvalue weighted by Gasteiger charge is 2.15. The van der Waals surface area contributed by atoms with Gasteiger partial charge in [-0.3, -0.25) is 9.59 Å². The molecule has 0 bridgehead atoms. The minimum Gasteiger partial charge on any atom is -0.493 e. The lowest BCUT2D eigenvalue weighted by Crippen LogP contribution is -2.27. The summed E-state index contributed by atoms with van der Waals surface area (Å²) in [5.74, 6) is 0.552. The molecule has 0 atom stereocenters. The molecule has 0 saturated carbocycles. The molecule has 29 heavy (non-hydrogen) atoms. The molecule has 0 aliphatic rings. The Hall–Kier alpha value is -3.68. The number of aromatic nitrogens is 2. The first-order valence-corrected chi connectivity index (χ1v) is 9.04. The summed E-state index contributed by atoms with van der Waals surface area (Å²) in [6.45, 7) is 4.35. The van der Waals surface area contributed by atoms with Gasteiger partial charge in [-0.1, -0.05) is 0 Å². The van der Waals surface area contributed by atoms with Crippen LogP contribution in [0.4, 0.5) is 0 Å². The molecule has 0 radical (unpaired) electrons. The van der Waals surface area contributed by atoms with Crippen molar-refractivity contribution in [2.45, 2.75) is 20.4 Å². The summed E-state index contributed by atoms with van der Waals surface area (Å²) in [7, 11) is 3.09. The zero-order chi connectivity index (χ0) is 21.0. The molecule has 3 aromatic rings. The van der Waals surface area contributed by atoms with Crippen molar-refractivity contribution in [2.24, 2.45) is 5.10 Å². The number of carbonyl (C=O) groups is 1. The highest BCUT2D eigenvalue weighted by Crippen LogP contribution is 2.26. The Balaban J connectivity index is 1.87. The molecule has 1 aromatic carbocycles. The number of aryl methyl sites for hydroxylation is 2. The van der Waals surface area contributed by atoms with Gasteiger partial charge in [-0.05, 0) is 49.7 Å². The number of fused-ring (bicyclic) bond motifs is 1. The molecule has 2 aromatic heterocycles. The van der Waals surface area contributed by atoms with Crippen molar-refractivity contribution in [1.29, 1.82) is 0 Å². The van der Waals surface area contributed by atoms with Gasteiger partial charge < -0.3 is 14.0 Å². The number of hydrazone groups is 1. The van der Waals surface area contributed by atoms with Crippen molar-refractivity contribution < 1.29 is 14.3 Å². The van der Waals surface area contributed by atoms with Crippen molar-refractivity contribution in [3.63, 3.8) is 0 Å². The Morgan fingerprint density at radius 3 is 2.66 bits per heavy atom. The zero-order valence-electron chi connectivity index (χ0n) is 16.7. The normalized spacial score (nSPS) is 11.0. The number of ether oxygens (including phenoxy) is 2. The van der Waals surface area contributed by atoms with Gasteiger partial charge in [0, 0.05) is 18.4 Å². The number of benzene rings is 1. The quantitative estimate of drug-likeness (QED) is 0.512. The highest BCUT2D eigenvalue weighted by atomic mass is 16.5. The van der Waals surface area contributed by atoms with Crippen LogP contribution in [0.1, 0.15) is 28.5 Å². The number of amides is 1. The van der Waals surface area contributed by atoms with E-state index < -0.39 is 5.91 Å². The first-order valence-electron chi connectivity index (χ1n) is 9.04. The largest absolute Gasteiger partial charge is 0.493 e. The van der Waals surface area contributed by atoms with Crippen LogP contribution in [0.15, 0.2) is 46.4 Å². The summed E-state index contributed by atoms with van der Waals surface area (Å²) < 4.78 is 12.2. The summed E-state index contributed by atoms with van der Waals surface area (Å²) >= 11 is 0. The lowest BCUT2D eigenvalue weighted by Gasteiger charge is -2.10. The molecule has 0 fully saturated rings. The van der Waals surface area contributed by atoms with Gasteiger partial charge in [-0.25, -0.2) is 10.4 Å². The fourth-order valence-corrected chi connectivity index (χ4v) is 2.92. The summed E-state index contributed by atoms with van der Waals surface area (Å²) in [6.07, 6.45) is 2.97. The monoisotopic (exact) mass is 394 g/mol. The second kappa shape index (κ2) is 8.55. The number of pyridine rings is 2. The minimum atomic E-state index is -0.587. The van der Waals surface area contributed by atoms with E-state index in [9.17, 15) is 9.59 Å². The van der Waals surface area contributed by atoms with E-state index in [-0.39, 0.29) is 11.0 Å². The van der Waals surface area contributed by atoms with Crippen LogP contribution in [-0.2, 0) is 6.54 Å². The van der Waals surface area contributed by atoms with Crippen LogP contribution in [0.25, 0.3) is 11.0 Å². The SMILES string of the molecule is CCn1cc(C(=O)N/N=C/c2ccc(OC)c(OC)c2)c(=O)c2ccc(C)nc21. The molecule has 3 rings (SSSR count). The summed E-state index contributed by atoms with van der Waals surface area (Å²) in [5.41, 5.74) is 4.10. The highest BCUT2D eigenvalue weighted by molar-refractivity contribution is 5.97. The third kappa shape index (κ3) is 4.11. The average molecular weight is 394 g/mol. The molecule has 8 heteroatoms. The van der Waals surface area contributed by atoms with E-state index in [1.807, 2.05) is 13.8 Å². The lowest BCUT2D eigenvalue weighted by molar-refractivity contribution is 0.0953. The van der Waals surface area contributed by atoms with E-state index >= 15 is 0 Å². The first kappa shape index (κ1) is 20.1. The minimum absolute atomic E-state index is 0.00876. The van der Waals surface area contributed by atoms with E-state index in [2.05, 4.69) is 15.5 Å². The van der Waals surface area contributed by atoms with Crippen LogP contribution in [0.3, 0.4) is 0 Å². The van der Waals surface area contributed by atoms with Crippen LogP contribution in [0, 0.1) is 6.92 Å². The van der Waals surface area contributed by atoms with Crippen molar-refractivity contribution in [3.05, 3.63) is 63.6 Å². The van der Waals surface area contributed by atoms with Gasteiger partial charge in [0.05, 0.1) is 25.8 Å². The van der Waals surface area contributed by atoms with Crippen LogP contribution in [0.5, 0.6) is 11.5 Å². The Morgan fingerprint density at radius 1 is 1.21 bits per heavy atom. The number of rotatable bonds is 6. The lowest BCUT2D eigenvalue weighted by atomic mass is 10.1. The number of carbonyl (C=O) groups excluding carboxylic acids is 1. The standard InChI is InChI=1S/C21H22N4O4/c1-5-25-12-16(19(26)15-8-6-13(2)23-20(15)25)21(27)24-22-11-14-7-9-17(28-3)18(10-14)29-4/h6-12H,5H2,1-4H3,(H,24,27)/b22-11+. The van der Waals surface area contributed by atoms with Gasteiger partial charge in [-0.15, -0.1) is 0 Å². The van der Waals surface area contributed by atoms with Crippen LogP contribution >= 0.6 is 0 Å². The van der Waals surface area contributed by atoms with E-state index in [1.54, 1.807) is 42.0 Å². The first-order chi connectivity index (χ1) is 14.0. The molecule has 1 N–H and O–H groups in total. The molecule has 0 unspecified atom stereocenters. The topological polar surface area (TPSA) is 94.8 Å². The van der Waals surface area contributed by atoms with Crippen molar-refractivity contribution in [1.82, 2.24) is 15.0 Å². The van der Waals surface area contributed by atoms with Crippen molar-refractivity contribution in [2.75, 3.05) is 14.2 Å². The molecular weight excluding hydrogens is 372 g/mol. The number of hydrogen-bond acceptors (Lipinski definition) is 6. The molecule has 1 amide bonds. The molecule has 0 aliphatic heterocycles. The Bertz CT molecular complexity index is 1150. The molecule has 0 spiro atoms. The second-order valence-electron chi connectivity index (χ2n) is 6.30. The smallest absolute Gasteiger partial charge is 0.276 e. The molecule has 0 aliphatic carbocycles. The Kier molecular flexibility index (Phi) is 5.92. The van der Waals surface area contributed by atoms with Crippen LogP contribution in [0.2, 0.25) is 0 Å². The number of hydrogen-bond donors (Lipinski definition) is 1. The Morgan fingerprint density at radius 2 is 1.97 bits per heavy atom. The predicted molar refractivity (Wildman–Crippen MR) is 111 cm³/mol. The fourth-order valence-electron chi connectivity index (χ4n) is 2.92. The molecular formula is C21H22N4O4. The van der Waals surface area contributed by atoms with Crippen molar-refractivity contribution in [3.8, 4) is 11.5 Å². The third-order valence-electron chi connectivity index (χ3n) is 4.43. The van der Waals surface area contributed by atoms with Gasteiger partial charge in [-0.2, -0.15) is 5.10 Å². The summed E-state index contributed by atoms with van der Waals surface area (Å²) in [6, 6.07) is 8.67. The summed E-state index contributed by atoms with van der Waals surface area (Å²) in [4.78, 5) is 29.7. The Labute approximate surface area is 167 Å². The fraction of sp³-hybridized carbons (Fsp3) is 0.238. The van der Waals surface area contributed by atoms with E-state index in [0.29, 0.717) is 34.6 Å². The summed E-state index contributed by atoms with van der Waals surface area (Å²) in [5, 5.41) is 4.35. The van der Waals surface area contributed by atoms with Crippen molar-refractivity contribution >= 4 is 23.2 Å². The van der Waals surface area contributed by atoms with E-state index in [1.165, 1.54) is 19.5 Å². The van der Waals surface area contributed by atoms with Gasteiger partial charge in [0.2, 0.25) is 5.43 Å². The van der Waals surface area contributed by atoms with Gasteiger partial charge in [0.15, 0.2) is 11.5 Å². The molecule has 150 valence electrons. The predicted octanol–water partition coefficient (Wildman–Crippen LogP) is 2.51. The number of nitrogens with one attached hydrogen (secondary N) is 1. The maximum atomic E-state index is 12.7. The van der Waals surface area contributed by atoms with Gasteiger partial charge in [0.1, 0.15) is 11.2 Å². The van der Waals surface area contributed by atoms with E-state index in [0.717, 1.165) is 5.69 Å². The molecule has 8 nitrogen and oxygen atoms in total. The second-order valence-corrected chi connectivity index (χ2v) is 6.30.